The molecule has 92 valence electrons. The molecule has 1 amide bonds. The summed E-state index contributed by atoms with van der Waals surface area (Å²) < 4.78 is 0. The molecule has 0 atom stereocenters. The van der Waals surface area contributed by atoms with Gasteiger partial charge in [-0.2, -0.15) is 0 Å². The largest absolute Gasteiger partial charge is 0.322 e. The number of carbonyl (C=O) groups is 1. The average Bonchev–Trinajstić information content (AvgIpc) is 2.35. The van der Waals surface area contributed by atoms with Crippen LogP contribution < -0.4 is 5.32 Å². The van der Waals surface area contributed by atoms with Crippen LogP contribution in [0, 0.1) is 13.8 Å². The maximum atomic E-state index is 12.1. The second-order valence-electron chi connectivity index (χ2n) is 4.04. The maximum absolute atomic E-state index is 12.1. The van der Waals surface area contributed by atoms with Crippen molar-refractivity contribution >= 4 is 23.2 Å². The number of pyridine rings is 1. The third-order valence-electron chi connectivity index (χ3n) is 2.86. The third-order valence-corrected chi connectivity index (χ3v) is 3.16. The fourth-order valence-corrected chi connectivity index (χ4v) is 1.84. The van der Waals surface area contributed by atoms with E-state index in [1.54, 1.807) is 18.3 Å². The van der Waals surface area contributed by atoms with Crippen molar-refractivity contribution in [1.82, 2.24) is 4.98 Å². The van der Waals surface area contributed by atoms with Crippen molar-refractivity contribution in [3.8, 4) is 0 Å². The van der Waals surface area contributed by atoms with Crippen LogP contribution in [0.5, 0.6) is 0 Å². The molecular formula is C14H13ClN2O. The number of benzene rings is 1. The summed E-state index contributed by atoms with van der Waals surface area (Å²) in [6, 6.07) is 9.11. The maximum Gasteiger partial charge on any atom is 0.258 e. The van der Waals surface area contributed by atoms with Crippen molar-refractivity contribution in [2.24, 2.45) is 0 Å². The zero-order chi connectivity index (χ0) is 13.1. The van der Waals surface area contributed by atoms with E-state index < -0.39 is 0 Å². The van der Waals surface area contributed by atoms with Crippen molar-refractivity contribution in [1.29, 1.82) is 0 Å². The van der Waals surface area contributed by atoms with Gasteiger partial charge in [-0.05, 0) is 43.2 Å². The molecule has 0 saturated heterocycles. The van der Waals surface area contributed by atoms with Crippen LogP contribution in [-0.4, -0.2) is 10.9 Å². The molecule has 0 aliphatic heterocycles. The number of nitrogens with one attached hydrogen (secondary N) is 1. The molecule has 0 aliphatic rings. The lowest BCUT2D eigenvalue weighted by Gasteiger charge is -2.10. The molecule has 0 bridgehead atoms. The number of halogens is 1. The molecule has 0 radical (unpaired) electrons. The zero-order valence-electron chi connectivity index (χ0n) is 10.2. The third kappa shape index (κ3) is 2.51. The van der Waals surface area contributed by atoms with Crippen molar-refractivity contribution in [3.05, 3.63) is 58.4 Å². The molecule has 1 heterocycles. The molecule has 0 fully saturated rings. The van der Waals surface area contributed by atoms with Crippen LogP contribution in [0.1, 0.15) is 21.5 Å². The SMILES string of the molecule is Cc1cccc(NC(=O)c2cccnc2Cl)c1C. The molecule has 2 rings (SSSR count). The predicted molar refractivity (Wildman–Crippen MR) is 73.1 cm³/mol. The summed E-state index contributed by atoms with van der Waals surface area (Å²) in [4.78, 5) is 15.9. The van der Waals surface area contributed by atoms with Gasteiger partial charge in [-0.25, -0.2) is 4.98 Å². The first-order valence-electron chi connectivity index (χ1n) is 5.57. The van der Waals surface area contributed by atoms with Crippen molar-refractivity contribution < 1.29 is 4.79 Å². The Hall–Kier alpha value is -1.87. The lowest BCUT2D eigenvalue weighted by Crippen LogP contribution is -2.14. The zero-order valence-corrected chi connectivity index (χ0v) is 11.0. The number of aryl methyl sites for hydroxylation is 1. The van der Waals surface area contributed by atoms with Gasteiger partial charge in [-0.1, -0.05) is 23.7 Å². The van der Waals surface area contributed by atoms with Crippen molar-refractivity contribution in [2.45, 2.75) is 13.8 Å². The lowest BCUT2D eigenvalue weighted by molar-refractivity contribution is 0.102. The van der Waals surface area contributed by atoms with E-state index in [0.29, 0.717) is 5.56 Å². The highest BCUT2D eigenvalue weighted by Gasteiger charge is 2.12. The van der Waals surface area contributed by atoms with Crippen LogP contribution in [-0.2, 0) is 0 Å². The van der Waals surface area contributed by atoms with Crippen molar-refractivity contribution in [3.63, 3.8) is 0 Å². The van der Waals surface area contributed by atoms with Crippen LogP contribution in [0.2, 0.25) is 5.15 Å². The van der Waals surface area contributed by atoms with E-state index >= 15 is 0 Å². The van der Waals surface area contributed by atoms with Gasteiger partial charge in [0.2, 0.25) is 0 Å². The number of aromatic nitrogens is 1. The fourth-order valence-electron chi connectivity index (χ4n) is 1.63. The molecule has 1 aromatic carbocycles. The monoisotopic (exact) mass is 260 g/mol. The van der Waals surface area contributed by atoms with Gasteiger partial charge < -0.3 is 5.32 Å². The molecule has 0 unspecified atom stereocenters. The van der Waals surface area contributed by atoms with Crippen molar-refractivity contribution in [2.75, 3.05) is 5.32 Å². The van der Waals surface area contributed by atoms with Crippen LogP contribution in [0.25, 0.3) is 0 Å². The summed E-state index contributed by atoms with van der Waals surface area (Å²) >= 11 is 5.88. The Morgan fingerprint density at radius 1 is 1.22 bits per heavy atom. The molecule has 2 aromatic rings. The van der Waals surface area contributed by atoms with E-state index in [1.807, 2.05) is 32.0 Å². The first-order chi connectivity index (χ1) is 8.59. The van der Waals surface area contributed by atoms with Gasteiger partial charge in [0.1, 0.15) is 5.15 Å². The van der Waals surface area contributed by atoms with E-state index in [0.717, 1.165) is 16.8 Å². The van der Waals surface area contributed by atoms with Gasteiger partial charge in [-0.15, -0.1) is 0 Å². The van der Waals surface area contributed by atoms with E-state index in [4.69, 9.17) is 11.6 Å². The van der Waals surface area contributed by atoms with Gasteiger partial charge in [0, 0.05) is 11.9 Å². The minimum Gasteiger partial charge on any atom is -0.322 e. The summed E-state index contributed by atoms with van der Waals surface area (Å²) in [5.74, 6) is -0.248. The predicted octanol–water partition coefficient (Wildman–Crippen LogP) is 3.60. The van der Waals surface area contributed by atoms with Crippen LogP contribution in [0.4, 0.5) is 5.69 Å². The van der Waals surface area contributed by atoms with Crippen LogP contribution in [0.3, 0.4) is 0 Å². The fraction of sp³-hybridized carbons (Fsp3) is 0.143. The van der Waals surface area contributed by atoms with Crippen LogP contribution >= 0.6 is 11.6 Å². The Morgan fingerprint density at radius 2 is 2.00 bits per heavy atom. The number of nitrogens with zero attached hydrogens (tertiary/aromatic N) is 1. The highest BCUT2D eigenvalue weighted by Crippen LogP contribution is 2.20. The summed E-state index contributed by atoms with van der Waals surface area (Å²) in [5, 5.41) is 3.05. The minimum absolute atomic E-state index is 0.209. The highest BCUT2D eigenvalue weighted by molar-refractivity contribution is 6.33. The van der Waals surface area contributed by atoms with E-state index in [2.05, 4.69) is 10.3 Å². The topological polar surface area (TPSA) is 42.0 Å². The molecule has 3 nitrogen and oxygen atoms in total. The Kier molecular flexibility index (Phi) is 3.63. The molecular weight excluding hydrogens is 248 g/mol. The second kappa shape index (κ2) is 5.19. The molecule has 18 heavy (non-hydrogen) atoms. The molecule has 0 spiro atoms. The van der Waals surface area contributed by atoms with E-state index in [-0.39, 0.29) is 11.1 Å². The van der Waals surface area contributed by atoms with E-state index in [1.165, 1.54) is 0 Å². The Balaban J connectivity index is 2.27. The number of carbonyl (C=O) groups excluding carboxylic acids is 1. The molecule has 0 saturated carbocycles. The molecule has 4 heteroatoms. The van der Waals surface area contributed by atoms with Gasteiger partial charge in [-0.3, -0.25) is 4.79 Å². The first kappa shape index (κ1) is 12.6. The van der Waals surface area contributed by atoms with Gasteiger partial charge in [0.15, 0.2) is 0 Å². The summed E-state index contributed by atoms with van der Waals surface area (Å²) in [6.07, 6.45) is 1.55. The molecule has 0 aliphatic carbocycles. The normalized spacial score (nSPS) is 10.2. The standard InChI is InChI=1S/C14H13ClN2O/c1-9-5-3-7-12(10(9)2)17-14(18)11-6-4-8-16-13(11)15/h3-8H,1-2H3,(H,17,18). The van der Waals surface area contributed by atoms with Gasteiger partial charge in [0.25, 0.3) is 5.91 Å². The van der Waals surface area contributed by atoms with Gasteiger partial charge >= 0.3 is 0 Å². The summed E-state index contributed by atoms with van der Waals surface area (Å²) in [6.45, 7) is 3.97. The summed E-state index contributed by atoms with van der Waals surface area (Å²) in [5.41, 5.74) is 3.34. The highest BCUT2D eigenvalue weighted by atomic mass is 35.5. The quantitative estimate of drug-likeness (QED) is 0.839. The van der Waals surface area contributed by atoms with E-state index in [9.17, 15) is 4.79 Å². The minimum atomic E-state index is -0.248. The number of anilines is 1. The lowest BCUT2D eigenvalue weighted by atomic mass is 10.1. The smallest absolute Gasteiger partial charge is 0.258 e. The van der Waals surface area contributed by atoms with Gasteiger partial charge in [0.05, 0.1) is 5.56 Å². The average molecular weight is 261 g/mol. The Bertz CT molecular complexity index is 596. The Labute approximate surface area is 111 Å². The second-order valence-corrected chi connectivity index (χ2v) is 4.40. The number of rotatable bonds is 2. The molecule has 1 aromatic heterocycles. The first-order valence-corrected chi connectivity index (χ1v) is 5.95. The number of hydrogen-bond donors (Lipinski definition) is 1. The van der Waals surface area contributed by atoms with Crippen LogP contribution in [0.15, 0.2) is 36.5 Å². The number of amides is 1. The number of hydrogen-bond acceptors (Lipinski definition) is 2. The summed E-state index contributed by atoms with van der Waals surface area (Å²) in [7, 11) is 0. The molecule has 1 N–H and O–H groups in total. The Morgan fingerprint density at radius 3 is 2.72 bits per heavy atom.